The minimum Gasteiger partial charge on any atom is -0.495 e. The van der Waals surface area contributed by atoms with Crippen LogP contribution < -0.4 is 9.46 Å². The van der Waals surface area contributed by atoms with Gasteiger partial charge in [0.25, 0.3) is 10.0 Å². The number of nitrogens with one attached hydrogen (secondary N) is 1. The molecular formula is C12H10Cl2N2O3S. The van der Waals surface area contributed by atoms with Gasteiger partial charge in [-0.15, -0.1) is 0 Å². The summed E-state index contributed by atoms with van der Waals surface area (Å²) in [5, 5.41) is 0.172. The van der Waals surface area contributed by atoms with Crippen molar-refractivity contribution in [1.29, 1.82) is 0 Å². The zero-order valence-corrected chi connectivity index (χ0v) is 12.6. The van der Waals surface area contributed by atoms with E-state index in [4.69, 9.17) is 27.9 Å². The van der Waals surface area contributed by atoms with Crippen LogP contribution >= 0.6 is 23.2 Å². The molecule has 0 radical (unpaired) electrons. The van der Waals surface area contributed by atoms with Gasteiger partial charge in [0.1, 0.15) is 10.6 Å². The Balaban J connectivity index is 2.42. The molecule has 2 aromatic rings. The molecular weight excluding hydrogens is 323 g/mol. The van der Waals surface area contributed by atoms with Gasteiger partial charge in [-0.05, 0) is 18.2 Å². The molecule has 0 amide bonds. The number of hydrogen-bond acceptors (Lipinski definition) is 4. The van der Waals surface area contributed by atoms with Crippen LogP contribution in [0.15, 0.2) is 41.6 Å². The SMILES string of the molecule is COc1cc(Cl)c(S(=O)(=O)Nc2cccnc2)cc1Cl. The number of rotatable bonds is 4. The molecule has 20 heavy (non-hydrogen) atoms. The quantitative estimate of drug-likeness (QED) is 0.933. The van der Waals surface area contributed by atoms with Gasteiger partial charge in [-0.25, -0.2) is 8.42 Å². The Morgan fingerprint density at radius 2 is 2.00 bits per heavy atom. The summed E-state index contributed by atoms with van der Waals surface area (Å²) < 4.78 is 31.8. The van der Waals surface area contributed by atoms with E-state index in [0.717, 1.165) is 0 Å². The Bertz CT molecular complexity index is 721. The van der Waals surface area contributed by atoms with Crippen molar-refractivity contribution in [3.63, 3.8) is 0 Å². The molecule has 0 bridgehead atoms. The average Bonchev–Trinajstić information content (AvgIpc) is 2.41. The van der Waals surface area contributed by atoms with E-state index in [1.165, 1.54) is 31.6 Å². The van der Waals surface area contributed by atoms with Gasteiger partial charge in [-0.2, -0.15) is 0 Å². The number of ether oxygens (including phenoxy) is 1. The second-order valence-corrected chi connectivity index (χ2v) is 6.23. The summed E-state index contributed by atoms with van der Waals surface area (Å²) in [6, 6.07) is 5.77. The standard InChI is InChI=1S/C12H10Cl2N2O3S/c1-19-11-5-10(14)12(6-9(11)13)20(17,18)16-8-3-2-4-15-7-8/h2-7,16H,1H3. The molecule has 2 rings (SSSR count). The molecule has 0 aliphatic rings. The van der Waals surface area contributed by atoms with Crippen molar-refractivity contribution in [2.24, 2.45) is 0 Å². The summed E-state index contributed by atoms with van der Waals surface area (Å²) in [4.78, 5) is 3.69. The van der Waals surface area contributed by atoms with Crippen molar-refractivity contribution in [2.75, 3.05) is 11.8 Å². The predicted octanol–water partition coefficient (Wildman–Crippen LogP) is 3.20. The molecule has 1 aromatic carbocycles. The van der Waals surface area contributed by atoms with Crippen molar-refractivity contribution >= 4 is 38.9 Å². The van der Waals surface area contributed by atoms with Crippen LogP contribution in [0.3, 0.4) is 0 Å². The zero-order chi connectivity index (χ0) is 14.8. The van der Waals surface area contributed by atoms with Crippen LogP contribution in [0.4, 0.5) is 5.69 Å². The Hall–Kier alpha value is -1.50. The molecule has 8 heteroatoms. The van der Waals surface area contributed by atoms with Crippen molar-refractivity contribution in [3.8, 4) is 5.75 Å². The van der Waals surface area contributed by atoms with E-state index in [1.807, 2.05) is 0 Å². The number of pyridine rings is 1. The molecule has 0 saturated heterocycles. The van der Waals surface area contributed by atoms with E-state index in [1.54, 1.807) is 12.1 Å². The highest BCUT2D eigenvalue weighted by atomic mass is 35.5. The Kier molecular flexibility index (Phi) is 4.37. The minimum atomic E-state index is -3.85. The molecule has 1 heterocycles. The summed E-state index contributed by atoms with van der Waals surface area (Å²) in [7, 11) is -2.44. The molecule has 0 atom stereocenters. The summed E-state index contributed by atoms with van der Waals surface area (Å²) in [5.74, 6) is 0.303. The lowest BCUT2D eigenvalue weighted by Gasteiger charge is -2.11. The number of halogens is 2. The van der Waals surface area contributed by atoms with Crippen LogP contribution in [0.5, 0.6) is 5.75 Å². The number of sulfonamides is 1. The number of hydrogen-bond donors (Lipinski definition) is 1. The number of benzene rings is 1. The van der Waals surface area contributed by atoms with Crippen molar-refractivity contribution in [2.45, 2.75) is 4.90 Å². The van der Waals surface area contributed by atoms with Gasteiger partial charge < -0.3 is 4.74 Å². The molecule has 0 fully saturated rings. The van der Waals surface area contributed by atoms with E-state index >= 15 is 0 Å². The number of methoxy groups -OCH3 is 1. The van der Waals surface area contributed by atoms with Crippen molar-refractivity contribution < 1.29 is 13.2 Å². The lowest BCUT2D eigenvalue weighted by Crippen LogP contribution is -2.13. The molecule has 1 aromatic heterocycles. The lowest BCUT2D eigenvalue weighted by atomic mass is 10.3. The first kappa shape index (κ1) is 14.9. The fourth-order valence-corrected chi connectivity index (χ4v) is 3.40. The lowest BCUT2D eigenvalue weighted by molar-refractivity contribution is 0.414. The monoisotopic (exact) mass is 332 g/mol. The fraction of sp³-hybridized carbons (Fsp3) is 0.0833. The molecule has 0 unspecified atom stereocenters. The normalized spacial score (nSPS) is 11.2. The number of aromatic nitrogens is 1. The third kappa shape index (κ3) is 3.15. The molecule has 0 aliphatic carbocycles. The van der Waals surface area contributed by atoms with Gasteiger partial charge >= 0.3 is 0 Å². The Morgan fingerprint density at radius 3 is 2.60 bits per heavy atom. The third-order valence-corrected chi connectivity index (χ3v) is 4.55. The summed E-state index contributed by atoms with van der Waals surface area (Å²) in [6.07, 6.45) is 2.92. The third-order valence-electron chi connectivity index (χ3n) is 2.41. The van der Waals surface area contributed by atoms with Gasteiger partial charge in [0.2, 0.25) is 0 Å². The van der Waals surface area contributed by atoms with E-state index in [2.05, 4.69) is 9.71 Å². The van der Waals surface area contributed by atoms with Gasteiger partial charge in [-0.3, -0.25) is 9.71 Å². The fourth-order valence-electron chi connectivity index (χ4n) is 1.51. The largest absolute Gasteiger partial charge is 0.495 e. The summed E-state index contributed by atoms with van der Waals surface area (Å²) in [6.45, 7) is 0. The van der Waals surface area contributed by atoms with Crippen LogP contribution in [0.25, 0.3) is 0 Å². The molecule has 106 valence electrons. The van der Waals surface area contributed by atoms with Crippen LogP contribution in [-0.4, -0.2) is 20.5 Å². The molecule has 0 aliphatic heterocycles. The molecule has 0 spiro atoms. The van der Waals surface area contributed by atoms with E-state index in [-0.39, 0.29) is 14.9 Å². The van der Waals surface area contributed by atoms with Gasteiger partial charge in [-0.1, -0.05) is 23.2 Å². The van der Waals surface area contributed by atoms with E-state index in [0.29, 0.717) is 11.4 Å². The first-order chi connectivity index (χ1) is 9.44. The molecule has 0 saturated carbocycles. The second-order valence-electron chi connectivity index (χ2n) is 3.76. The predicted molar refractivity (Wildman–Crippen MR) is 78.1 cm³/mol. The number of nitrogens with zero attached hydrogens (tertiary/aromatic N) is 1. The maximum Gasteiger partial charge on any atom is 0.263 e. The smallest absolute Gasteiger partial charge is 0.263 e. The van der Waals surface area contributed by atoms with E-state index in [9.17, 15) is 8.42 Å². The van der Waals surface area contributed by atoms with Crippen LogP contribution in [0, 0.1) is 0 Å². The summed E-state index contributed by atoms with van der Waals surface area (Å²) in [5.41, 5.74) is 0.329. The highest BCUT2D eigenvalue weighted by Gasteiger charge is 2.20. The first-order valence-electron chi connectivity index (χ1n) is 5.40. The van der Waals surface area contributed by atoms with Gasteiger partial charge in [0, 0.05) is 12.3 Å². The van der Waals surface area contributed by atoms with Crippen LogP contribution in [0.1, 0.15) is 0 Å². The highest BCUT2D eigenvalue weighted by Crippen LogP contribution is 2.33. The van der Waals surface area contributed by atoms with E-state index < -0.39 is 10.0 Å². The zero-order valence-electron chi connectivity index (χ0n) is 10.3. The van der Waals surface area contributed by atoms with Gasteiger partial charge in [0.15, 0.2) is 0 Å². The Labute approximate surface area is 126 Å². The van der Waals surface area contributed by atoms with Gasteiger partial charge in [0.05, 0.1) is 29.0 Å². The maximum absolute atomic E-state index is 12.3. The maximum atomic E-state index is 12.3. The second kappa shape index (κ2) is 5.87. The Morgan fingerprint density at radius 1 is 1.25 bits per heavy atom. The topological polar surface area (TPSA) is 68.3 Å². The van der Waals surface area contributed by atoms with Crippen LogP contribution in [0.2, 0.25) is 10.0 Å². The number of anilines is 1. The molecule has 5 nitrogen and oxygen atoms in total. The van der Waals surface area contributed by atoms with Crippen molar-refractivity contribution in [3.05, 3.63) is 46.7 Å². The average molecular weight is 333 g/mol. The summed E-state index contributed by atoms with van der Waals surface area (Å²) >= 11 is 11.9. The highest BCUT2D eigenvalue weighted by molar-refractivity contribution is 7.92. The van der Waals surface area contributed by atoms with Crippen molar-refractivity contribution in [1.82, 2.24) is 4.98 Å². The molecule has 1 N–H and O–H groups in total. The van der Waals surface area contributed by atoms with Crippen LogP contribution in [-0.2, 0) is 10.0 Å². The first-order valence-corrected chi connectivity index (χ1v) is 7.64. The minimum absolute atomic E-state index is 0.0163.